The van der Waals surface area contributed by atoms with Gasteiger partial charge in [0.05, 0.1) is 33.4 Å². The summed E-state index contributed by atoms with van der Waals surface area (Å²) in [6.07, 6.45) is 0.0242. The second-order valence-electron chi connectivity index (χ2n) is 6.43. The van der Waals surface area contributed by atoms with Crippen LogP contribution in [0.15, 0.2) is 29.3 Å². The average Bonchev–Trinajstić information content (AvgIpc) is 2.49. The predicted octanol–water partition coefficient (Wildman–Crippen LogP) is 0.682. The highest BCUT2D eigenvalue weighted by molar-refractivity contribution is 5.75. The number of nitrogens with zero attached hydrogens (tertiary/aromatic N) is 2. The average molecular weight is 325 g/mol. The van der Waals surface area contributed by atoms with E-state index in [0.717, 1.165) is 11.0 Å². The van der Waals surface area contributed by atoms with Gasteiger partial charge in [0.1, 0.15) is 12.4 Å². The molecular weight excluding hydrogens is 296 g/mol. The maximum absolute atomic E-state index is 11.8. The molecule has 23 heavy (non-hydrogen) atoms. The third-order valence-corrected chi connectivity index (χ3v) is 3.06. The lowest BCUT2D eigenvalue weighted by molar-refractivity contribution is -0.869. The topological polar surface area (TPSA) is 76.8 Å². The van der Waals surface area contributed by atoms with Crippen LogP contribution in [-0.4, -0.2) is 69.1 Å². The number of rotatable bonds is 10. The van der Waals surface area contributed by atoms with Crippen LogP contribution in [-0.2, 0) is 4.74 Å². The number of quaternary nitrogens is 1. The maximum Gasteiger partial charge on any atom is 0.212 e. The van der Waals surface area contributed by atoms with Crippen LogP contribution in [0, 0.1) is 0 Å². The fourth-order valence-electron chi connectivity index (χ4n) is 1.75. The SMILES string of the molecule is CCOCC([OH2+])COc1ccc(N=C([O-])CC[N+](C)(C)C)cc1. The van der Waals surface area contributed by atoms with Crippen LogP contribution < -0.4 is 9.84 Å². The number of benzene rings is 1. The molecule has 0 fully saturated rings. The summed E-state index contributed by atoms with van der Waals surface area (Å²) >= 11 is 0. The third-order valence-electron chi connectivity index (χ3n) is 3.06. The number of hydrogen-bond acceptors (Lipinski definition) is 4. The molecule has 1 atom stereocenters. The molecule has 130 valence electrons. The van der Waals surface area contributed by atoms with Crippen molar-refractivity contribution in [2.45, 2.75) is 19.4 Å². The Morgan fingerprint density at radius 2 is 1.87 bits per heavy atom. The van der Waals surface area contributed by atoms with Gasteiger partial charge in [-0.05, 0) is 37.1 Å². The van der Waals surface area contributed by atoms with E-state index in [-0.39, 0.29) is 12.5 Å². The van der Waals surface area contributed by atoms with Crippen LogP contribution in [0.1, 0.15) is 13.3 Å². The Morgan fingerprint density at radius 1 is 1.22 bits per heavy atom. The summed E-state index contributed by atoms with van der Waals surface area (Å²) in [6, 6.07) is 7.03. The molecule has 0 saturated carbocycles. The molecule has 1 aromatic carbocycles. The molecule has 0 aliphatic heterocycles. The molecule has 6 nitrogen and oxygen atoms in total. The normalized spacial score (nSPS) is 13.9. The summed E-state index contributed by atoms with van der Waals surface area (Å²) in [6.45, 7) is 3.91. The first-order valence-corrected chi connectivity index (χ1v) is 7.87. The molecule has 0 radical (unpaired) electrons. The summed E-state index contributed by atoms with van der Waals surface area (Å²) in [7, 11) is 6.14. The minimum absolute atomic E-state index is 0.116. The van der Waals surface area contributed by atoms with Gasteiger partial charge in [-0.25, -0.2) is 0 Å². The first-order chi connectivity index (χ1) is 10.8. The van der Waals surface area contributed by atoms with E-state index in [2.05, 4.69) is 4.99 Å². The molecule has 6 heteroatoms. The van der Waals surface area contributed by atoms with E-state index in [9.17, 15) is 5.11 Å². The third kappa shape index (κ3) is 9.18. The van der Waals surface area contributed by atoms with E-state index in [1.54, 1.807) is 24.3 Å². The van der Waals surface area contributed by atoms with E-state index in [1.807, 2.05) is 28.1 Å². The lowest BCUT2D eigenvalue weighted by Gasteiger charge is -2.25. The van der Waals surface area contributed by atoms with Crippen molar-refractivity contribution in [2.24, 2.45) is 4.99 Å². The zero-order valence-electron chi connectivity index (χ0n) is 14.5. The molecule has 0 spiro atoms. The number of aliphatic imine (C=N–C) groups is 1. The Bertz CT molecular complexity index is 480. The van der Waals surface area contributed by atoms with Crippen LogP contribution in [0.4, 0.5) is 5.69 Å². The van der Waals surface area contributed by atoms with Gasteiger partial charge < -0.3 is 24.2 Å². The van der Waals surface area contributed by atoms with E-state index in [0.29, 0.717) is 31.1 Å². The molecule has 0 aliphatic carbocycles. The highest BCUT2D eigenvalue weighted by Crippen LogP contribution is 2.18. The Labute approximate surface area is 138 Å². The second kappa shape index (κ2) is 9.50. The van der Waals surface area contributed by atoms with E-state index >= 15 is 0 Å². The molecule has 0 amide bonds. The number of ether oxygens (including phenoxy) is 2. The van der Waals surface area contributed by atoms with Crippen LogP contribution >= 0.6 is 0 Å². The van der Waals surface area contributed by atoms with Crippen molar-refractivity contribution in [1.29, 1.82) is 0 Å². The smallest absolute Gasteiger partial charge is 0.212 e. The van der Waals surface area contributed by atoms with Gasteiger partial charge in [-0.15, -0.1) is 0 Å². The summed E-state index contributed by atoms with van der Waals surface area (Å²) < 4.78 is 11.4. The van der Waals surface area contributed by atoms with Crippen molar-refractivity contribution in [1.82, 2.24) is 0 Å². The minimum atomic E-state index is -0.406. The lowest BCUT2D eigenvalue weighted by Crippen LogP contribution is -2.38. The highest BCUT2D eigenvalue weighted by Gasteiger charge is 2.09. The van der Waals surface area contributed by atoms with Gasteiger partial charge in [-0.2, -0.15) is 0 Å². The van der Waals surface area contributed by atoms with Crippen LogP contribution in [0.25, 0.3) is 0 Å². The van der Waals surface area contributed by atoms with Gasteiger partial charge in [0.2, 0.25) is 6.10 Å². The predicted molar refractivity (Wildman–Crippen MR) is 90.4 cm³/mol. The summed E-state index contributed by atoms with van der Waals surface area (Å²) in [5.74, 6) is 0.547. The van der Waals surface area contributed by atoms with Gasteiger partial charge in [-0.1, -0.05) is 0 Å². The first kappa shape index (κ1) is 19.4. The molecule has 1 aromatic rings. The van der Waals surface area contributed by atoms with E-state index < -0.39 is 6.10 Å². The van der Waals surface area contributed by atoms with Crippen molar-refractivity contribution in [2.75, 3.05) is 47.5 Å². The van der Waals surface area contributed by atoms with Crippen molar-refractivity contribution in [3.8, 4) is 5.75 Å². The van der Waals surface area contributed by atoms with Crippen molar-refractivity contribution in [3.05, 3.63) is 24.3 Å². The van der Waals surface area contributed by atoms with Crippen molar-refractivity contribution in [3.63, 3.8) is 0 Å². The van der Waals surface area contributed by atoms with E-state index in [4.69, 9.17) is 14.6 Å². The van der Waals surface area contributed by atoms with Crippen molar-refractivity contribution >= 4 is 11.6 Å². The summed E-state index contributed by atoms with van der Waals surface area (Å²) in [4.78, 5) is 4.08. The van der Waals surface area contributed by atoms with Gasteiger partial charge in [0, 0.05) is 13.0 Å². The lowest BCUT2D eigenvalue weighted by atomic mass is 10.3. The summed E-state index contributed by atoms with van der Waals surface area (Å²) in [5.41, 5.74) is 0.625. The van der Waals surface area contributed by atoms with E-state index in [1.165, 1.54) is 0 Å². The monoisotopic (exact) mass is 325 g/mol. The zero-order valence-corrected chi connectivity index (χ0v) is 14.5. The molecule has 2 N–H and O–H groups in total. The highest BCUT2D eigenvalue weighted by atomic mass is 16.5. The maximum atomic E-state index is 11.8. The van der Waals surface area contributed by atoms with Gasteiger partial charge in [0.15, 0.2) is 6.61 Å². The molecule has 0 saturated heterocycles. The second-order valence-corrected chi connectivity index (χ2v) is 6.43. The largest absolute Gasteiger partial charge is 0.862 e. The molecular formula is C17H29N2O4+. The quantitative estimate of drug-likeness (QED) is 0.275. The van der Waals surface area contributed by atoms with Crippen LogP contribution in [0.2, 0.25) is 0 Å². The molecule has 1 rings (SSSR count). The van der Waals surface area contributed by atoms with Gasteiger partial charge >= 0.3 is 0 Å². The Kier molecular flexibility index (Phi) is 8.02. The minimum Gasteiger partial charge on any atom is -0.862 e. The molecule has 1 unspecified atom stereocenters. The molecule has 0 bridgehead atoms. The molecule has 0 aliphatic rings. The first-order valence-electron chi connectivity index (χ1n) is 7.87. The van der Waals surface area contributed by atoms with Crippen LogP contribution in [0.5, 0.6) is 5.75 Å². The van der Waals surface area contributed by atoms with Gasteiger partial charge in [0.25, 0.3) is 0 Å². The molecule has 0 aromatic heterocycles. The Hall–Kier alpha value is -1.63. The van der Waals surface area contributed by atoms with Gasteiger partial charge in [-0.3, -0.25) is 4.99 Å². The van der Waals surface area contributed by atoms with Crippen LogP contribution in [0.3, 0.4) is 0 Å². The molecule has 0 heterocycles. The fourth-order valence-corrected chi connectivity index (χ4v) is 1.75. The fraction of sp³-hybridized carbons (Fsp3) is 0.588. The van der Waals surface area contributed by atoms with Crippen molar-refractivity contribution < 1.29 is 24.2 Å². The summed E-state index contributed by atoms with van der Waals surface area (Å²) in [5, 5.41) is 19.6. The zero-order chi connectivity index (χ0) is 17.3. The number of hydrogen-bond donors (Lipinski definition) is 0. The Balaban J connectivity index is 2.46. The Morgan fingerprint density at radius 3 is 2.43 bits per heavy atom. The standard InChI is InChI=1S/C17H28N2O4/c1-5-22-12-15(20)13-23-16-8-6-14(7-9-16)18-17(21)10-11-19(2,3)4/h6-9,15,20H,5,10-13H2,1-4H3/p+1.